The molecule has 0 aromatic carbocycles. The number of aliphatic hydroxyl groups is 1. The normalized spacial score (nSPS) is 44.4. The second kappa shape index (κ2) is 10.3. The van der Waals surface area contributed by atoms with Gasteiger partial charge in [-0.15, -0.1) is 0 Å². The smallest absolute Gasteiger partial charge is 0.305 e. The topological polar surface area (TPSA) is 99.1 Å². The number of esters is 3. The van der Waals surface area contributed by atoms with Crippen LogP contribution in [-0.2, 0) is 28.6 Å². The van der Waals surface area contributed by atoms with E-state index >= 15 is 0 Å². The zero-order chi connectivity index (χ0) is 26.4. The first-order chi connectivity index (χ1) is 16.9. The van der Waals surface area contributed by atoms with Crippen molar-refractivity contribution in [1.29, 1.82) is 0 Å². The first-order valence-corrected chi connectivity index (χ1v) is 14.0. The maximum absolute atomic E-state index is 12.4. The van der Waals surface area contributed by atoms with E-state index in [2.05, 4.69) is 20.8 Å². The largest absolute Gasteiger partial charge is 0.469 e. The Bertz CT molecular complexity index is 857. The summed E-state index contributed by atoms with van der Waals surface area (Å²) in [5, 5.41) is 10.5. The number of aliphatic hydroxyl groups excluding tert-OH is 1. The minimum atomic E-state index is -0.303. The van der Waals surface area contributed by atoms with Crippen LogP contribution in [0.3, 0.4) is 0 Å². The Morgan fingerprint density at radius 1 is 0.972 bits per heavy atom. The highest BCUT2D eigenvalue weighted by molar-refractivity contribution is 5.69. The number of ether oxygens (including phenoxy) is 3. The van der Waals surface area contributed by atoms with Crippen molar-refractivity contribution in [1.82, 2.24) is 0 Å². The molecule has 4 rings (SSSR count). The summed E-state index contributed by atoms with van der Waals surface area (Å²) < 4.78 is 17.1. The Labute approximate surface area is 216 Å². The molecule has 0 aliphatic heterocycles. The molecule has 11 atom stereocenters. The quantitative estimate of drug-likeness (QED) is 0.412. The van der Waals surface area contributed by atoms with Crippen molar-refractivity contribution >= 4 is 17.9 Å². The molecule has 0 heterocycles. The summed E-state index contributed by atoms with van der Waals surface area (Å²) >= 11 is 0. The molecular formula is C29H46O7. The van der Waals surface area contributed by atoms with E-state index in [-0.39, 0.29) is 76.6 Å². The summed E-state index contributed by atoms with van der Waals surface area (Å²) in [5.41, 5.74) is -0.229. The molecular weight excluding hydrogens is 460 g/mol. The van der Waals surface area contributed by atoms with Gasteiger partial charge in [-0.25, -0.2) is 0 Å². The zero-order valence-corrected chi connectivity index (χ0v) is 23.0. The number of carbonyl (C=O) groups is 3. The fourth-order valence-corrected chi connectivity index (χ4v) is 9.44. The standard InChI is InChI=1S/C29H46O7/c1-16(7-10-26(33)34-6)21-8-9-22-27-23(15-25(29(21,22)5)36-18(3)31)28(4)12-11-20(32)13-19(28)14-24(27)35-17(2)30/h16,19-25,27,32H,7-15H2,1-6H3/t16-,19+,20-,21-,22+,23+,24-,25+,27+,28+,29-/m1/s1. The molecule has 4 saturated carbocycles. The Hall–Kier alpha value is -1.63. The Kier molecular flexibility index (Phi) is 7.81. The third-order valence-corrected chi connectivity index (χ3v) is 11.1. The summed E-state index contributed by atoms with van der Waals surface area (Å²) in [6.45, 7) is 9.86. The average Bonchev–Trinajstić information content (AvgIpc) is 3.16. The maximum Gasteiger partial charge on any atom is 0.305 e. The van der Waals surface area contributed by atoms with E-state index in [0.717, 1.165) is 51.4 Å². The molecule has 4 fully saturated rings. The van der Waals surface area contributed by atoms with Gasteiger partial charge in [0, 0.05) is 31.6 Å². The summed E-state index contributed by atoms with van der Waals surface area (Å²) in [4.78, 5) is 36.5. The van der Waals surface area contributed by atoms with E-state index in [1.54, 1.807) is 0 Å². The summed E-state index contributed by atoms with van der Waals surface area (Å²) in [5.74, 6) is 0.905. The average molecular weight is 507 g/mol. The van der Waals surface area contributed by atoms with Crippen molar-refractivity contribution in [2.45, 2.75) is 111 Å². The number of hydrogen-bond acceptors (Lipinski definition) is 7. The van der Waals surface area contributed by atoms with Gasteiger partial charge in [-0.05, 0) is 86.4 Å². The number of rotatable bonds is 6. The zero-order valence-electron chi connectivity index (χ0n) is 23.0. The van der Waals surface area contributed by atoms with Crippen molar-refractivity contribution in [3.8, 4) is 0 Å². The molecule has 0 aromatic rings. The Morgan fingerprint density at radius 3 is 2.31 bits per heavy atom. The van der Waals surface area contributed by atoms with Crippen molar-refractivity contribution in [2.24, 2.45) is 46.3 Å². The van der Waals surface area contributed by atoms with Crippen LogP contribution in [0.25, 0.3) is 0 Å². The number of methoxy groups -OCH3 is 1. The molecule has 4 aliphatic carbocycles. The highest BCUT2D eigenvalue weighted by Gasteiger charge is 2.67. The molecule has 0 radical (unpaired) electrons. The highest BCUT2D eigenvalue weighted by atomic mass is 16.5. The number of carbonyl (C=O) groups excluding carboxylic acids is 3. The van der Waals surface area contributed by atoms with Crippen LogP contribution in [0.2, 0.25) is 0 Å². The van der Waals surface area contributed by atoms with Crippen molar-refractivity contribution in [3.05, 3.63) is 0 Å². The van der Waals surface area contributed by atoms with Crippen LogP contribution >= 0.6 is 0 Å². The molecule has 0 saturated heterocycles. The molecule has 7 heteroatoms. The molecule has 0 bridgehead atoms. The Balaban J connectivity index is 1.71. The molecule has 4 aliphatic rings. The van der Waals surface area contributed by atoms with Gasteiger partial charge in [0.05, 0.1) is 13.2 Å². The Morgan fingerprint density at radius 2 is 1.67 bits per heavy atom. The molecule has 204 valence electrons. The third kappa shape index (κ3) is 4.69. The van der Waals surface area contributed by atoms with E-state index < -0.39 is 0 Å². The molecule has 0 aromatic heterocycles. The highest BCUT2D eigenvalue weighted by Crippen LogP contribution is 2.69. The van der Waals surface area contributed by atoms with Gasteiger partial charge in [0.15, 0.2) is 0 Å². The molecule has 0 unspecified atom stereocenters. The molecule has 7 nitrogen and oxygen atoms in total. The van der Waals surface area contributed by atoms with Gasteiger partial charge in [-0.1, -0.05) is 20.8 Å². The van der Waals surface area contributed by atoms with Gasteiger partial charge in [0.25, 0.3) is 0 Å². The van der Waals surface area contributed by atoms with Gasteiger partial charge in [0.2, 0.25) is 0 Å². The van der Waals surface area contributed by atoms with Crippen molar-refractivity contribution in [3.63, 3.8) is 0 Å². The predicted molar refractivity (Wildman–Crippen MR) is 134 cm³/mol. The maximum atomic E-state index is 12.4. The lowest BCUT2D eigenvalue weighted by Crippen LogP contribution is -2.63. The van der Waals surface area contributed by atoms with Crippen molar-refractivity contribution < 1.29 is 33.7 Å². The van der Waals surface area contributed by atoms with Gasteiger partial charge in [0.1, 0.15) is 12.2 Å². The second-order valence-corrected chi connectivity index (χ2v) is 12.8. The molecule has 1 N–H and O–H groups in total. The van der Waals surface area contributed by atoms with E-state index in [9.17, 15) is 19.5 Å². The lowest BCUT2D eigenvalue weighted by molar-refractivity contribution is -0.223. The van der Waals surface area contributed by atoms with E-state index in [4.69, 9.17) is 14.2 Å². The minimum absolute atomic E-state index is 0.0227. The van der Waals surface area contributed by atoms with Crippen LogP contribution in [0.4, 0.5) is 0 Å². The second-order valence-electron chi connectivity index (χ2n) is 12.8. The van der Waals surface area contributed by atoms with Crippen LogP contribution < -0.4 is 0 Å². The molecule has 0 spiro atoms. The van der Waals surface area contributed by atoms with E-state index in [1.807, 2.05) is 0 Å². The van der Waals surface area contributed by atoms with Crippen LogP contribution in [-0.4, -0.2) is 48.4 Å². The lowest BCUT2D eigenvalue weighted by Gasteiger charge is -2.64. The third-order valence-electron chi connectivity index (χ3n) is 11.1. The lowest BCUT2D eigenvalue weighted by atomic mass is 9.43. The summed E-state index contributed by atoms with van der Waals surface area (Å²) in [6.07, 6.45) is 6.48. The number of hydrogen-bond donors (Lipinski definition) is 1. The van der Waals surface area contributed by atoms with Crippen molar-refractivity contribution in [2.75, 3.05) is 7.11 Å². The monoisotopic (exact) mass is 506 g/mol. The van der Waals surface area contributed by atoms with Gasteiger partial charge < -0.3 is 19.3 Å². The summed E-state index contributed by atoms with van der Waals surface area (Å²) in [7, 11) is 1.42. The SMILES string of the molecule is COC(=O)CC[C@@H](C)[C@H]1CC[C@H]2[C@@H]3[C@H](OC(C)=O)C[C@@H]4C[C@H](O)CC[C@]4(C)[C@H]3C[C@H](OC(C)=O)[C@]12C. The van der Waals surface area contributed by atoms with Gasteiger partial charge >= 0.3 is 17.9 Å². The summed E-state index contributed by atoms with van der Waals surface area (Å²) in [6, 6.07) is 0. The molecule has 0 amide bonds. The predicted octanol–water partition coefficient (Wildman–Crippen LogP) is 4.68. The first-order valence-electron chi connectivity index (χ1n) is 14.0. The van der Waals surface area contributed by atoms with Gasteiger partial charge in [-0.2, -0.15) is 0 Å². The van der Waals surface area contributed by atoms with Crippen LogP contribution in [0.15, 0.2) is 0 Å². The van der Waals surface area contributed by atoms with Crippen LogP contribution in [0, 0.1) is 46.3 Å². The number of fused-ring (bicyclic) bond motifs is 5. The minimum Gasteiger partial charge on any atom is -0.469 e. The van der Waals surface area contributed by atoms with Gasteiger partial charge in [-0.3, -0.25) is 14.4 Å². The van der Waals surface area contributed by atoms with Crippen LogP contribution in [0.5, 0.6) is 0 Å². The molecule has 36 heavy (non-hydrogen) atoms. The van der Waals surface area contributed by atoms with E-state index in [1.165, 1.54) is 21.0 Å². The fraction of sp³-hybridized carbons (Fsp3) is 0.897. The van der Waals surface area contributed by atoms with Crippen LogP contribution in [0.1, 0.15) is 92.4 Å². The fourth-order valence-electron chi connectivity index (χ4n) is 9.44. The first kappa shape index (κ1) is 27.4. The van der Waals surface area contributed by atoms with E-state index in [0.29, 0.717) is 12.3 Å².